The third-order valence-electron chi connectivity index (χ3n) is 4.86. The Balaban J connectivity index is 1.43. The van der Waals surface area contributed by atoms with Gasteiger partial charge in [-0.25, -0.2) is 4.98 Å². The highest BCUT2D eigenvalue weighted by molar-refractivity contribution is 7.18. The van der Waals surface area contributed by atoms with Gasteiger partial charge in [0.25, 0.3) is 5.69 Å². The van der Waals surface area contributed by atoms with E-state index in [1.165, 1.54) is 21.7 Å². The number of fused-ring (bicyclic) bond motifs is 1. The molecule has 1 N–H and O–H groups in total. The molecule has 136 valence electrons. The van der Waals surface area contributed by atoms with Crippen LogP contribution in [0.15, 0.2) is 42.5 Å². The maximum absolute atomic E-state index is 10.9. The van der Waals surface area contributed by atoms with E-state index in [2.05, 4.69) is 17.0 Å². The summed E-state index contributed by atoms with van der Waals surface area (Å²) >= 11 is 1.75. The van der Waals surface area contributed by atoms with Crippen LogP contribution in [-0.4, -0.2) is 36.1 Å². The van der Waals surface area contributed by atoms with Crippen LogP contribution < -0.4 is 9.80 Å². The molecular formula is C19H18N5O2S+. The molecule has 1 fully saturated rings. The molecule has 3 aromatic rings. The summed E-state index contributed by atoms with van der Waals surface area (Å²) in [5.74, 6) is 0. The molecule has 0 atom stereocenters. The van der Waals surface area contributed by atoms with Crippen LogP contribution in [0.1, 0.15) is 10.6 Å². The van der Waals surface area contributed by atoms with E-state index in [1.807, 2.05) is 18.2 Å². The van der Waals surface area contributed by atoms with E-state index in [9.17, 15) is 15.4 Å². The van der Waals surface area contributed by atoms with E-state index in [1.54, 1.807) is 17.4 Å². The summed E-state index contributed by atoms with van der Waals surface area (Å²) in [7, 11) is 0. The molecule has 7 nitrogen and oxygen atoms in total. The molecule has 4 rings (SSSR count). The second-order valence-electron chi connectivity index (χ2n) is 6.56. The van der Waals surface area contributed by atoms with E-state index in [-0.39, 0.29) is 5.69 Å². The number of nitro benzene ring substituents is 1. The zero-order valence-corrected chi connectivity index (χ0v) is 15.4. The minimum Gasteiger partial charge on any atom is -0.359 e. The smallest absolute Gasteiger partial charge is 0.270 e. The summed E-state index contributed by atoms with van der Waals surface area (Å²) in [5.41, 5.74) is 2.15. The van der Waals surface area contributed by atoms with Crippen molar-refractivity contribution in [3.05, 3.63) is 63.1 Å². The highest BCUT2D eigenvalue weighted by Crippen LogP contribution is 2.25. The first-order valence-corrected chi connectivity index (χ1v) is 9.57. The van der Waals surface area contributed by atoms with Crippen LogP contribution in [0.4, 0.5) is 11.4 Å². The van der Waals surface area contributed by atoms with Crippen LogP contribution in [-0.2, 0) is 6.54 Å². The summed E-state index contributed by atoms with van der Waals surface area (Å²) < 4.78 is 1.22. The van der Waals surface area contributed by atoms with Gasteiger partial charge < -0.3 is 9.80 Å². The van der Waals surface area contributed by atoms with Crippen molar-refractivity contribution in [2.75, 3.05) is 31.1 Å². The molecule has 0 radical (unpaired) electrons. The predicted molar refractivity (Wildman–Crippen MR) is 104 cm³/mol. The molecule has 27 heavy (non-hydrogen) atoms. The Morgan fingerprint density at radius 3 is 2.74 bits per heavy atom. The fraction of sp³-hybridized carbons (Fsp3) is 0.263. The number of hydrogen-bond acceptors (Lipinski definition) is 6. The van der Waals surface area contributed by atoms with Gasteiger partial charge in [-0.2, -0.15) is 5.26 Å². The number of anilines is 1. The number of nitro groups is 1. The predicted octanol–water partition coefficient (Wildman–Crippen LogP) is 1.98. The summed E-state index contributed by atoms with van der Waals surface area (Å²) in [5, 5.41) is 21.4. The number of hydrogen-bond donors (Lipinski definition) is 1. The molecule has 8 heteroatoms. The lowest BCUT2D eigenvalue weighted by Gasteiger charge is -2.33. The van der Waals surface area contributed by atoms with Gasteiger partial charge in [-0.05, 0) is 18.2 Å². The van der Waals surface area contributed by atoms with E-state index < -0.39 is 4.92 Å². The zero-order chi connectivity index (χ0) is 18.8. The normalized spacial score (nSPS) is 15.0. The SMILES string of the molecule is N#Cc1cc([N+](=O)[O-])ccc1N1CC[NH+](Cc2nc3ccccc3s2)CC1. The first-order valence-electron chi connectivity index (χ1n) is 8.75. The van der Waals surface area contributed by atoms with Crippen molar-refractivity contribution in [1.82, 2.24) is 4.98 Å². The summed E-state index contributed by atoms with van der Waals surface area (Å²) in [6.07, 6.45) is 0. The molecule has 2 aromatic carbocycles. The van der Waals surface area contributed by atoms with E-state index >= 15 is 0 Å². The monoisotopic (exact) mass is 380 g/mol. The standard InChI is InChI=1S/C19H17N5O2S/c20-12-14-11-15(24(25)26)5-6-17(14)23-9-7-22(8-10-23)13-19-21-16-3-1-2-4-18(16)27-19/h1-6,11H,7-10,13H2/p+1. The Morgan fingerprint density at radius 1 is 1.26 bits per heavy atom. The lowest BCUT2D eigenvalue weighted by molar-refractivity contribution is -0.914. The van der Waals surface area contributed by atoms with Crippen molar-refractivity contribution in [2.45, 2.75) is 6.54 Å². The topological polar surface area (TPSA) is 87.5 Å². The number of thiazole rings is 1. The van der Waals surface area contributed by atoms with Crippen molar-refractivity contribution in [3.63, 3.8) is 0 Å². The number of nitrogens with zero attached hydrogens (tertiary/aromatic N) is 4. The zero-order valence-electron chi connectivity index (χ0n) is 14.6. The lowest BCUT2D eigenvalue weighted by Crippen LogP contribution is -3.13. The van der Waals surface area contributed by atoms with Crippen LogP contribution in [0, 0.1) is 21.4 Å². The molecule has 1 saturated heterocycles. The highest BCUT2D eigenvalue weighted by atomic mass is 32.1. The van der Waals surface area contributed by atoms with Crippen molar-refractivity contribution < 1.29 is 9.82 Å². The molecule has 0 amide bonds. The molecule has 0 spiro atoms. The summed E-state index contributed by atoms with van der Waals surface area (Å²) in [6, 6.07) is 14.8. The molecular weight excluding hydrogens is 362 g/mol. The van der Waals surface area contributed by atoms with E-state index in [4.69, 9.17) is 4.98 Å². The summed E-state index contributed by atoms with van der Waals surface area (Å²) in [4.78, 5) is 18.8. The minimum atomic E-state index is -0.468. The first-order chi connectivity index (χ1) is 13.1. The minimum absolute atomic E-state index is 0.0459. The molecule has 2 heterocycles. The number of nitriles is 1. The first kappa shape index (κ1) is 17.4. The Labute approximate surface area is 160 Å². The van der Waals surface area contributed by atoms with E-state index in [0.717, 1.165) is 48.9 Å². The van der Waals surface area contributed by atoms with Crippen molar-refractivity contribution in [1.29, 1.82) is 5.26 Å². The molecule has 0 saturated carbocycles. The van der Waals surface area contributed by atoms with Gasteiger partial charge in [0.1, 0.15) is 17.6 Å². The van der Waals surface area contributed by atoms with Crippen LogP contribution in [0.25, 0.3) is 10.2 Å². The number of non-ortho nitro benzene ring substituents is 1. The van der Waals surface area contributed by atoms with Crippen molar-refractivity contribution in [2.24, 2.45) is 0 Å². The number of piperazine rings is 1. The van der Waals surface area contributed by atoms with Crippen LogP contribution in [0.5, 0.6) is 0 Å². The summed E-state index contributed by atoms with van der Waals surface area (Å²) in [6.45, 7) is 4.41. The van der Waals surface area contributed by atoms with Crippen LogP contribution in [0.2, 0.25) is 0 Å². The molecule has 0 aliphatic carbocycles. The average Bonchev–Trinajstić information content (AvgIpc) is 3.10. The second kappa shape index (κ2) is 7.31. The molecule has 0 unspecified atom stereocenters. The van der Waals surface area contributed by atoms with Crippen molar-refractivity contribution in [3.8, 4) is 6.07 Å². The van der Waals surface area contributed by atoms with Gasteiger partial charge in [-0.3, -0.25) is 10.1 Å². The average molecular weight is 380 g/mol. The number of rotatable bonds is 4. The quantitative estimate of drug-likeness (QED) is 0.552. The number of benzene rings is 2. The second-order valence-corrected chi connectivity index (χ2v) is 7.67. The number of para-hydroxylation sites is 1. The van der Waals surface area contributed by atoms with Crippen molar-refractivity contribution >= 4 is 32.9 Å². The molecule has 0 bridgehead atoms. The Hall–Kier alpha value is -3.02. The van der Waals surface area contributed by atoms with Gasteiger partial charge in [0, 0.05) is 12.1 Å². The Morgan fingerprint density at radius 2 is 2.04 bits per heavy atom. The number of aromatic nitrogens is 1. The highest BCUT2D eigenvalue weighted by Gasteiger charge is 2.24. The third-order valence-corrected chi connectivity index (χ3v) is 5.90. The van der Waals surface area contributed by atoms with Gasteiger partial charge in [-0.1, -0.05) is 12.1 Å². The van der Waals surface area contributed by atoms with E-state index in [0.29, 0.717) is 5.56 Å². The Bertz CT molecular complexity index is 1000. The molecule has 1 aliphatic heterocycles. The van der Waals surface area contributed by atoms with Crippen LogP contribution >= 0.6 is 11.3 Å². The van der Waals surface area contributed by atoms with Gasteiger partial charge in [0.05, 0.1) is 52.6 Å². The van der Waals surface area contributed by atoms with Gasteiger partial charge >= 0.3 is 0 Å². The largest absolute Gasteiger partial charge is 0.359 e. The van der Waals surface area contributed by atoms with Crippen LogP contribution in [0.3, 0.4) is 0 Å². The molecule has 1 aliphatic rings. The maximum atomic E-state index is 10.9. The van der Waals surface area contributed by atoms with Gasteiger partial charge in [-0.15, -0.1) is 11.3 Å². The van der Waals surface area contributed by atoms with Gasteiger partial charge in [0.15, 0.2) is 0 Å². The maximum Gasteiger partial charge on any atom is 0.270 e. The molecule has 1 aromatic heterocycles. The number of quaternary nitrogens is 1. The Kier molecular flexibility index (Phi) is 4.71. The van der Waals surface area contributed by atoms with Gasteiger partial charge in [0.2, 0.25) is 0 Å². The fourth-order valence-electron chi connectivity index (χ4n) is 3.45. The number of nitrogens with one attached hydrogen (secondary N) is 1. The fourth-order valence-corrected chi connectivity index (χ4v) is 4.49. The lowest BCUT2D eigenvalue weighted by atomic mass is 10.1. The third kappa shape index (κ3) is 3.60.